The molecule has 2 N–H and O–H groups in total. The van der Waals surface area contributed by atoms with Gasteiger partial charge in [-0.05, 0) is 38.3 Å². The smallest absolute Gasteiger partial charge is 0.213 e. The number of hydrogen-bond donors (Lipinski definition) is 2. The molecule has 0 amide bonds. The molecule has 0 aliphatic rings. The molecule has 0 aliphatic heterocycles. The molecule has 0 saturated carbocycles. The van der Waals surface area contributed by atoms with Gasteiger partial charge >= 0.3 is 0 Å². The van der Waals surface area contributed by atoms with E-state index in [-0.39, 0.29) is 12.6 Å². The van der Waals surface area contributed by atoms with Gasteiger partial charge in [0.2, 0.25) is 5.88 Å². The predicted molar refractivity (Wildman–Crippen MR) is 86.5 cm³/mol. The first kappa shape index (κ1) is 17.9. The minimum Gasteiger partial charge on any atom is -0.477 e. The van der Waals surface area contributed by atoms with E-state index in [2.05, 4.69) is 24.1 Å². The van der Waals surface area contributed by atoms with Gasteiger partial charge in [-0.1, -0.05) is 32.8 Å². The van der Waals surface area contributed by atoms with Crippen LogP contribution in [0.1, 0.15) is 57.7 Å². The summed E-state index contributed by atoms with van der Waals surface area (Å²) < 4.78 is 5.89. The third kappa shape index (κ3) is 6.44. The molecule has 1 atom stereocenters. The molecule has 1 aromatic rings. The van der Waals surface area contributed by atoms with Crippen molar-refractivity contribution < 1.29 is 9.84 Å². The summed E-state index contributed by atoms with van der Waals surface area (Å²) >= 11 is 0. The predicted octanol–water partition coefficient (Wildman–Crippen LogP) is 3.32. The molecule has 4 nitrogen and oxygen atoms in total. The van der Waals surface area contributed by atoms with E-state index in [9.17, 15) is 0 Å². The largest absolute Gasteiger partial charge is 0.477 e. The van der Waals surface area contributed by atoms with Gasteiger partial charge in [0, 0.05) is 12.7 Å². The van der Waals surface area contributed by atoms with Crippen LogP contribution in [-0.2, 0) is 0 Å². The van der Waals surface area contributed by atoms with Crippen molar-refractivity contribution in [2.24, 2.45) is 5.92 Å². The fourth-order valence-electron chi connectivity index (χ4n) is 2.61. The molecule has 1 unspecified atom stereocenters. The SMILES string of the molecule is CCCC(CCC)COc1cccc(C(CCO)NC)n1. The maximum absolute atomic E-state index is 9.09. The van der Waals surface area contributed by atoms with Gasteiger partial charge in [0.25, 0.3) is 0 Å². The first-order valence-electron chi connectivity index (χ1n) is 8.12. The van der Waals surface area contributed by atoms with Gasteiger partial charge in [-0.25, -0.2) is 4.98 Å². The van der Waals surface area contributed by atoms with Gasteiger partial charge < -0.3 is 15.2 Å². The zero-order valence-corrected chi connectivity index (χ0v) is 13.6. The molecule has 0 fully saturated rings. The maximum Gasteiger partial charge on any atom is 0.213 e. The average molecular weight is 294 g/mol. The van der Waals surface area contributed by atoms with Gasteiger partial charge in [0.15, 0.2) is 0 Å². The molecule has 1 rings (SSSR count). The number of nitrogens with zero attached hydrogens (tertiary/aromatic N) is 1. The Labute approximate surface area is 128 Å². The van der Waals surface area contributed by atoms with Crippen molar-refractivity contribution in [1.29, 1.82) is 0 Å². The van der Waals surface area contributed by atoms with Crippen molar-refractivity contribution in [3.05, 3.63) is 23.9 Å². The lowest BCUT2D eigenvalue weighted by molar-refractivity contribution is 0.221. The Morgan fingerprint density at radius 1 is 1.19 bits per heavy atom. The number of aliphatic hydroxyl groups excluding tert-OH is 1. The Morgan fingerprint density at radius 3 is 2.48 bits per heavy atom. The normalized spacial score (nSPS) is 12.6. The van der Waals surface area contributed by atoms with E-state index in [1.54, 1.807) is 0 Å². The minimum atomic E-state index is 0.0700. The minimum absolute atomic E-state index is 0.0700. The summed E-state index contributed by atoms with van der Waals surface area (Å²) in [6.45, 7) is 5.32. The molecular formula is C17H30N2O2. The standard InChI is InChI=1S/C17H30N2O2/c1-4-7-14(8-5-2)13-21-17-10-6-9-16(19-17)15(18-3)11-12-20/h6,9-10,14-15,18,20H,4-5,7-8,11-13H2,1-3H3. The van der Waals surface area contributed by atoms with Gasteiger partial charge in [0.1, 0.15) is 0 Å². The van der Waals surface area contributed by atoms with Crippen LogP contribution < -0.4 is 10.1 Å². The molecule has 0 aromatic carbocycles. The Balaban J connectivity index is 2.62. The number of nitrogens with one attached hydrogen (secondary N) is 1. The fourth-order valence-corrected chi connectivity index (χ4v) is 2.61. The maximum atomic E-state index is 9.09. The first-order chi connectivity index (χ1) is 10.2. The number of rotatable bonds is 11. The van der Waals surface area contributed by atoms with E-state index in [4.69, 9.17) is 9.84 Å². The molecule has 1 aromatic heterocycles. The van der Waals surface area contributed by atoms with E-state index >= 15 is 0 Å². The van der Waals surface area contributed by atoms with Crippen molar-refractivity contribution >= 4 is 0 Å². The molecule has 120 valence electrons. The van der Waals surface area contributed by atoms with Gasteiger partial charge in [0.05, 0.1) is 18.3 Å². The number of aliphatic hydroxyl groups is 1. The second-order valence-corrected chi connectivity index (χ2v) is 5.51. The van der Waals surface area contributed by atoms with Crippen LogP contribution in [0.5, 0.6) is 5.88 Å². The Morgan fingerprint density at radius 2 is 1.90 bits per heavy atom. The Hall–Kier alpha value is -1.13. The van der Waals surface area contributed by atoms with Crippen LogP contribution in [0.4, 0.5) is 0 Å². The van der Waals surface area contributed by atoms with Crippen molar-refractivity contribution in [3.63, 3.8) is 0 Å². The summed E-state index contributed by atoms with van der Waals surface area (Å²) in [5.74, 6) is 1.30. The molecular weight excluding hydrogens is 264 g/mol. The molecule has 0 spiro atoms. The second-order valence-electron chi connectivity index (χ2n) is 5.51. The van der Waals surface area contributed by atoms with Crippen molar-refractivity contribution in [2.75, 3.05) is 20.3 Å². The molecule has 21 heavy (non-hydrogen) atoms. The topological polar surface area (TPSA) is 54.4 Å². The zero-order chi connectivity index (χ0) is 15.5. The van der Waals surface area contributed by atoms with E-state index in [0.717, 1.165) is 12.3 Å². The Bertz CT molecular complexity index is 379. The van der Waals surface area contributed by atoms with Crippen LogP contribution >= 0.6 is 0 Å². The summed E-state index contributed by atoms with van der Waals surface area (Å²) in [5, 5.41) is 12.3. The van der Waals surface area contributed by atoms with Gasteiger partial charge in [-0.15, -0.1) is 0 Å². The van der Waals surface area contributed by atoms with E-state index in [1.807, 2.05) is 25.2 Å². The number of hydrogen-bond acceptors (Lipinski definition) is 4. The van der Waals surface area contributed by atoms with Crippen LogP contribution in [0.25, 0.3) is 0 Å². The van der Waals surface area contributed by atoms with Crippen LogP contribution in [0.3, 0.4) is 0 Å². The Kier molecular flexibility index (Phi) is 9.02. The zero-order valence-electron chi connectivity index (χ0n) is 13.6. The van der Waals surface area contributed by atoms with Crippen molar-refractivity contribution in [1.82, 2.24) is 10.3 Å². The van der Waals surface area contributed by atoms with Crippen LogP contribution in [0.15, 0.2) is 18.2 Å². The lowest BCUT2D eigenvalue weighted by Crippen LogP contribution is -2.19. The third-order valence-corrected chi connectivity index (χ3v) is 3.73. The summed E-state index contributed by atoms with van der Waals surface area (Å²) in [6, 6.07) is 5.91. The highest BCUT2D eigenvalue weighted by molar-refractivity contribution is 5.18. The summed E-state index contributed by atoms with van der Waals surface area (Å²) in [6.07, 6.45) is 5.45. The molecule has 0 radical (unpaired) electrons. The van der Waals surface area contributed by atoms with Gasteiger partial charge in [-0.2, -0.15) is 0 Å². The highest BCUT2D eigenvalue weighted by Gasteiger charge is 2.12. The van der Waals surface area contributed by atoms with Crippen LogP contribution in [-0.4, -0.2) is 30.4 Å². The third-order valence-electron chi connectivity index (χ3n) is 3.73. The van der Waals surface area contributed by atoms with Crippen LogP contribution in [0.2, 0.25) is 0 Å². The number of ether oxygens (including phenoxy) is 1. The number of aromatic nitrogens is 1. The lowest BCUT2D eigenvalue weighted by Gasteiger charge is -2.18. The van der Waals surface area contributed by atoms with Gasteiger partial charge in [-0.3, -0.25) is 0 Å². The summed E-state index contributed by atoms with van der Waals surface area (Å²) in [7, 11) is 1.88. The lowest BCUT2D eigenvalue weighted by atomic mass is 9.99. The van der Waals surface area contributed by atoms with Crippen molar-refractivity contribution in [3.8, 4) is 5.88 Å². The monoisotopic (exact) mass is 294 g/mol. The first-order valence-corrected chi connectivity index (χ1v) is 8.12. The van der Waals surface area contributed by atoms with E-state index in [0.29, 0.717) is 18.2 Å². The molecule has 0 bridgehead atoms. The quantitative estimate of drug-likeness (QED) is 0.657. The van der Waals surface area contributed by atoms with E-state index in [1.165, 1.54) is 25.7 Å². The molecule has 0 saturated heterocycles. The van der Waals surface area contributed by atoms with E-state index < -0.39 is 0 Å². The number of pyridine rings is 1. The highest BCUT2D eigenvalue weighted by Crippen LogP contribution is 2.19. The molecule has 4 heteroatoms. The fraction of sp³-hybridized carbons (Fsp3) is 0.706. The average Bonchev–Trinajstić information content (AvgIpc) is 2.51. The highest BCUT2D eigenvalue weighted by atomic mass is 16.5. The molecule has 0 aliphatic carbocycles. The second kappa shape index (κ2) is 10.6. The summed E-state index contributed by atoms with van der Waals surface area (Å²) in [4.78, 5) is 4.56. The summed E-state index contributed by atoms with van der Waals surface area (Å²) in [5.41, 5.74) is 0.923. The molecule has 1 heterocycles. The van der Waals surface area contributed by atoms with Crippen LogP contribution in [0, 0.1) is 5.92 Å². The van der Waals surface area contributed by atoms with Crippen molar-refractivity contribution in [2.45, 2.75) is 52.0 Å².